The maximum absolute atomic E-state index is 12.1. The number of amides is 1. The van der Waals surface area contributed by atoms with E-state index in [1.54, 1.807) is 19.4 Å². The predicted molar refractivity (Wildman–Crippen MR) is 77.5 cm³/mol. The van der Waals surface area contributed by atoms with Gasteiger partial charge in [0.05, 0.1) is 30.6 Å². The lowest BCUT2D eigenvalue weighted by Gasteiger charge is -2.15. The zero-order chi connectivity index (χ0) is 14.5. The topological polar surface area (TPSA) is 77.2 Å². The minimum atomic E-state index is -0.215. The summed E-state index contributed by atoms with van der Waals surface area (Å²) in [7, 11) is 1.62. The highest BCUT2D eigenvalue weighted by Gasteiger charge is 2.13. The average Bonchev–Trinajstić information content (AvgIpc) is 2.47. The Morgan fingerprint density at radius 1 is 1.30 bits per heavy atom. The molecule has 0 radical (unpaired) electrons. The smallest absolute Gasteiger partial charge is 0.253 e. The highest BCUT2D eigenvalue weighted by Crippen LogP contribution is 2.18. The number of carbonyl (C=O) groups excluding carboxylic acids is 1. The molecule has 1 heterocycles. The van der Waals surface area contributed by atoms with Crippen molar-refractivity contribution < 1.29 is 9.53 Å². The van der Waals surface area contributed by atoms with Gasteiger partial charge in [-0.1, -0.05) is 12.1 Å². The van der Waals surface area contributed by atoms with Gasteiger partial charge in [-0.3, -0.25) is 9.78 Å². The fraction of sp³-hybridized carbons (Fsp3) is 0.200. The third-order valence-corrected chi connectivity index (χ3v) is 3.06. The van der Waals surface area contributed by atoms with Gasteiger partial charge in [0.1, 0.15) is 5.75 Å². The average molecular weight is 271 g/mol. The molecule has 0 saturated heterocycles. The number of ether oxygens (including phenoxy) is 1. The fourth-order valence-electron chi connectivity index (χ4n) is 1.86. The molecular weight excluding hydrogens is 254 g/mol. The first-order chi connectivity index (χ1) is 9.61. The van der Waals surface area contributed by atoms with Crippen LogP contribution >= 0.6 is 0 Å². The van der Waals surface area contributed by atoms with Crippen molar-refractivity contribution in [2.45, 2.75) is 13.0 Å². The number of benzene rings is 1. The van der Waals surface area contributed by atoms with Crippen LogP contribution in [-0.2, 0) is 0 Å². The lowest BCUT2D eigenvalue weighted by Crippen LogP contribution is -2.27. The van der Waals surface area contributed by atoms with Gasteiger partial charge in [-0.25, -0.2) is 0 Å². The number of nitrogens with one attached hydrogen (secondary N) is 1. The van der Waals surface area contributed by atoms with Gasteiger partial charge in [-0.2, -0.15) is 0 Å². The Bertz CT molecular complexity index is 596. The van der Waals surface area contributed by atoms with Crippen molar-refractivity contribution in [3.8, 4) is 5.75 Å². The molecule has 20 heavy (non-hydrogen) atoms. The quantitative estimate of drug-likeness (QED) is 0.893. The Hall–Kier alpha value is -2.56. The van der Waals surface area contributed by atoms with Crippen molar-refractivity contribution in [1.82, 2.24) is 10.3 Å². The number of methoxy groups -OCH3 is 1. The molecule has 0 bridgehead atoms. The number of hydrogen-bond acceptors (Lipinski definition) is 4. The van der Waals surface area contributed by atoms with E-state index in [1.165, 1.54) is 6.20 Å². The van der Waals surface area contributed by atoms with Crippen LogP contribution in [0.4, 0.5) is 5.69 Å². The number of anilines is 1. The Balaban J connectivity index is 2.09. The van der Waals surface area contributed by atoms with E-state index in [4.69, 9.17) is 10.5 Å². The molecule has 0 saturated carbocycles. The van der Waals surface area contributed by atoms with Crippen LogP contribution in [-0.4, -0.2) is 18.0 Å². The number of carbonyl (C=O) groups is 1. The first-order valence-electron chi connectivity index (χ1n) is 6.26. The van der Waals surface area contributed by atoms with Gasteiger partial charge in [0, 0.05) is 6.20 Å². The van der Waals surface area contributed by atoms with Gasteiger partial charge >= 0.3 is 0 Å². The van der Waals surface area contributed by atoms with Gasteiger partial charge in [-0.05, 0) is 30.7 Å². The van der Waals surface area contributed by atoms with Crippen LogP contribution in [0.5, 0.6) is 5.75 Å². The zero-order valence-electron chi connectivity index (χ0n) is 11.5. The van der Waals surface area contributed by atoms with E-state index in [-0.39, 0.29) is 11.9 Å². The first-order valence-corrected chi connectivity index (χ1v) is 6.26. The third kappa shape index (κ3) is 3.06. The largest absolute Gasteiger partial charge is 0.497 e. The van der Waals surface area contributed by atoms with Crippen LogP contribution < -0.4 is 15.8 Å². The molecule has 0 fully saturated rings. The predicted octanol–water partition coefficient (Wildman–Crippen LogP) is 2.16. The molecular formula is C15H17N3O2. The molecule has 1 atom stereocenters. The molecule has 1 aromatic carbocycles. The second kappa shape index (κ2) is 6.06. The van der Waals surface area contributed by atoms with Crippen molar-refractivity contribution in [3.63, 3.8) is 0 Å². The van der Waals surface area contributed by atoms with Gasteiger partial charge in [0.15, 0.2) is 0 Å². The van der Waals surface area contributed by atoms with E-state index in [9.17, 15) is 4.79 Å². The van der Waals surface area contributed by atoms with Crippen molar-refractivity contribution >= 4 is 11.6 Å². The van der Waals surface area contributed by atoms with Gasteiger partial charge in [-0.15, -0.1) is 0 Å². The summed E-state index contributed by atoms with van der Waals surface area (Å²) in [4.78, 5) is 16.0. The van der Waals surface area contributed by atoms with Crippen molar-refractivity contribution in [2.75, 3.05) is 12.8 Å². The zero-order valence-corrected chi connectivity index (χ0v) is 11.5. The number of nitrogens with two attached hydrogens (primary N) is 1. The SMILES string of the molecule is COc1ccc(C(C)NC(=O)c2ccncc2N)cc1. The van der Waals surface area contributed by atoms with E-state index < -0.39 is 0 Å². The van der Waals surface area contributed by atoms with Crippen molar-refractivity contribution in [1.29, 1.82) is 0 Å². The number of nitrogens with zero attached hydrogens (tertiary/aromatic N) is 1. The van der Waals surface area contributed by atoms with Crippen molar-refractivity contribution in [3.05, 3.63) is 53.9 Å². The summed E-state index contributed by atoms with van der Waals surface area (Å²) >= 11 is 0. The number of rotatable bonds is 4. The van der Waals surface area contributed by atoms with Crippen molar-refractivity contribution in [2.24, 2.45) is 0 Å². The van der Waals surface area contributed by atoms with E-state index in [1.807, 2.05) is 31.2 Å². The van der Waals surface area contributed by atoms with Gasteiger partial charge < -0.3 is 15.8 Å². The molecule has 5 heteroatoms. The van der Waals surface area contributed by atoms with Crippen LogP contribution in [0, 0.1) is 0 Å². The minimum Gasteiger partial charge on any atom is -0.497 e. The lowest BCUT2D eigenvalue weighted by atomic mass is 10.1. The highest BCUT2D eigenvalue weighted by molar-refractivity contribution is 5.99. The minimum absolute atomic E-state index is 0.124. The maximum atomic E-state index is 12.1. The van der Waals surface area contributed by atoms with Crippen LogP contribution in [0.3, 0.4) is 0 Å². The number of aromatic nitrogens is 1. The van der Waals surface area contributed by atoms with E-state index in [0.717, 1.165) is 11.3 Å². The maximum Gasteiger partial charge on any atom is 0.253 e. The summed E-state index contributed by atoms with van der Waals surface area (Å²) in [5, 5.41) is 2.90. The summed E-state index contributed by atoms with van der Waals surface area (Å²) in [6.45, 7) is 1.91. The van der Waals surface area contributed by atoms with E-state index in [2.05, 4.69) is 10.3 Å². The molecule has 0 aliphatic heterocycles. The normalized spacial score (nSPS) is 11.7. The van der Waals surface area contributed by atoms with E-state index in [0.29, 0.717) is 11.3 Å². The molecule has 3 N–H and O–H groups in total. The number of pyridine rings is 1. The third-order valence-electron chi connectivity index (χ3n) is 3.06. The van der Waals surface area contributed by atoms with E-state index >= 15 is 0 Å². The molecule has 0 aliphatic carbocycles. The van der Waals surface area contributed by atoms with Gasteiger partial charge in [0.2, 0.25) is 0 Å². The Morgan fingerprint density at radius 2 is 2.00 bits per heavy atom. The molecule has 1 unspecified atom stereocenters. The second-order valence-electron chi connectivity index (χ2n) is 4.43. The van der Waals surface area contributed by atoms with Crippen LogP contribution in [0.2, 0.25) is 0 Å². The molecule has 0 aliphatic rings. The Morgan fingerprint density at radius 3 is 2.60 bits per heavy atom. The summed E-state index contributed by atoms with van der Waals surface area (Å²) in [6.07, 6.45) is 3.01. The second-order valence-corrected chi connectivity index (χ2v) is 4.43. The standard InChI is InChI=1S/C15H17N3O2/c1-10(11-3-5-12(20-2)6-4-11)18-15(19)13-7-8-17-9-14(13)16/h3-10H,16H2,1-2H3,(H,18,19). The fourth-order valence-corrected chi connectivity index (χ4v) is 1.86. The summed E-state index contributed by atoms with van der Waals surface area (Å²) in [6, 6.07) is 9.03. The first kappa shape index (κ1) is 13.9. The molecule has 0 spiro atoms. The van der Waals surface area contributed by atoms with Gasteiger partial charge in [0.25, 0.3) is 5.91 Å². The monoisotopic (exact) mass is 271 g/mol. The molecule has 2 rings (SSSR count). The molecule has 1 amide bonds. The number of hydrogen-bond donors (Lipinski definition) is 2. The summed E-state index contributed by atoms with van der Waals surface area (Å²) < 4.78 is 5.10. The number of nitrogen functional groups attached to an aromatic ring is 1. The highest BCUT2D eigenvalue weighted by atomic mass is 16.5. The Kier molecular flexibility index (Phi) is 4.20. The van der Waals surface area contributed by atoms with Crippen LogP contribution in [0.25, 0.3) is 0 Å². The summed E-state index contributed by atoms with van der Waals surface area (Å²) in [5.41, 5.74) is 7.52. The van der Waals surface area contributed by atoms with Crippen LogP contribution in [0.15, 0.2) is 42.7 Å². The summed E-state index contributed by atoms with van der Waals surface area (Å²) in [5.74, 6) is 0.568. The Labute approximate surface area is 117 Å². The molecule has 104 valence electrons. The van der Waals surface area contributed by atoms with Crippen LogP contribution in [0.1, 0.15) is 28.9 Å². The molecule has 1 aromatic heterocycles. The lowest BCUT2D eigenvalue weighted by molar-refractivity contribution is 0.0940. The molecule has 2 aromatic rings. The molecule has 5 nitrogen and oxygen atoms in total.